The third-order valence-electron chi connectivity index (χ3n) is 5.49. The highest BCUT2D eigenvalue weighted by molar-refractivity contribution is 5.94. The van der Waals surface area contributed by atoms with E-state index in [1.54, 1.807) is 24.3 Å². The summed E-state index contributed by atoms with van der Waals surface area (Å²) in [6, 6.07) is 7.24. The van der Waals surface area contributed by atoms with Crippen LogP contribution < -0.4 is 15.4 Å². The van der Waals surface area contributed by atoms with Crippen LogP contribution >= 0.6 is 0 Å². The van der Waals surface area contributed by atoms with Gasteiger partial charge in [-0.1, -0.05) is 10.2 Å². The molecule has 0 saturated carbocycles. The summed E-state index contributed by atoms with van der Waals surface area (Å²) in [7, 11) is 0. The number of nitrogens with one attached hydrogen (secondary N) is 2. The van der Waals surface area contributed by atoms with Gasteiger partial charge in [-0.2, -0.15) is 0 Å². The average molecular weight is 385 g/mol. The van der Waals surface area contributed by atoms with Gasteiger partial charge in [-0.3, -0.25) is 19.8 Å². The number of hydrogen-bond acceptors (Lipinski definition) is 7. The number of carbonyl (C=O) groups excluding carboxylic acids is 2. The molecule has 28 heavy (non-hydrogen) atoms. The number of piperidine rings is 3. The van der Waals surface area contributed by atoms with Crippen molar-refractivity contribution in [2.24, 2.45) is 5.92 Å². The summed E-state index contributed by atoms with van der Waals surface area (Å²) in [6.07, 6.45) is 2.20. The maximum atomic E-state index is 12.7. The van der Waals surface area contributed by atoms with Crippen LogP contribution in [0.1, 0.15) is 37.0 Å². The molecule has 4 heterocycles. The summed E-state index contributed by atoms with van der Waals surface area (Å²) in [5.41, 5.74) is 0.570. The average Bonchev–Trinajstić information content (AvgIpc) is 3.11. The van der Waals surface area contributed by atoms with Crippen molar-refractivity contribution in [2.45, 2.75) is 38.8 Å². The Morgan fingerprint density at radius 3 is 2.54 bits per heavy atom. The fraction of sp³-hybridized carbons (Fsp3) is 0.474. The van der Waals surface area contributed by atoms with Gasteiger partial charge in [0.1, 0.15) is 5.75 Å². The monoisotopic (exact) mass is 385 g/mol. The molecular weight excluding hydrogens is 362 g/mol. The number of hydrogen-bond donors (Lipinski definition) is 2. The number of benzene rings is 1. The molecule has 3 saturated heterocycles. The minimum atomic E-state index is -0.317. The number of ether oxygens (including phenoxy) is 1. The van der Waals surface area contributed by atoms with E-state index in [-0.39, 0.29) is 29.9 Å². The third-order valence-corrected chi connectivity index (χ3v) is 5.49. The van der Waals surface area contributed by atoms with Gasteiger partial charge in [0.25, 0.3) is 5.91 Å². The van der Waals surface area contributed by atoms with E-state index in [2.05, 4.69) is 32.7 Å². The van der Waals surface area contributed by atoms with Gasteiger partial charge in [-0.15, -0.1) is 0 Å². The van der Waals surface area contributed by atoms with Crippen molar-refractivity contribution in [1.82, 2.24) is 20.4 Å². The Balaban J connectivity index is 1.37. The summed E-state index contributed by atoms with van der Waals surface area (Å²) >= 11 is 0. The summed E-state index contributed by atoms with van der Waals surface area (Å²) < 4.78 is 10.6. The van der Waals surface area contributed by atoms with Gasteiger partial charge in [0.05, 0.1) is 0 Å². The first-order valence-electron chi connectivity index (χ1n) is 9.43. The van der Waals surface area contributed by atoms with Crippen LogP contribution in [-0.2, 0) is 4.79 Å². The zero-order valence-corrected chi connectivity index (χ0v) is 15.8. The van der Waals surface area contributed by atoms with Crippen LogP contribution in [0.2, 0.25) is 0 Å². The standard InChI is InChI=1S/C19H23N5O4/c1-11-16(13-7-9-24(11)10-8-13)21-17(26)14-3-5-15(6-4-14)27-19-23-22-18(28-19)20-12(2)25/h3-6,11,13,16H,7-10H2,1-2H3,(H,21,26)(H,20,22,25)/t11-,16+/m1/s1. The number of aromatic nitrogens is 2. The summed E-state index contributed by atoms with van der Waals surface area (Å²) in [6.45, 7) is 5.78. The molecule has 9 nitrogen and oxygen atoms in total. The molecule has 5 rings (SSSR count). The number of carbonyl (C=O) groups is 2. The van der Waals surface area contributed by atoms with E-state index in [1.165, 1.54) is 6.92 Å². The molecule has 0 spiro atoms. The van der Waals surface area contributed by atoms with Gasteiger partial charge < -0.3 is 14.5 Å². The predicted molar refractivity (Wildman–Crippen MR) is 100 cm³/mol. The second kappa shape index (κ2) is 7.59. The largest absolute Gasteiger partial charge is 0.421 e. The van der Waals surface area contributed by atoms with Crippen LogP contribution in [0.5, 0.6) is 11.8 Å². The lowest BCUT2D eigenvalue weighted by molar-refractivity contribution is -0.114. The summed E-state index contributed by atoms with van der Waals surface area (Å²) in [5, 5.41) is 12.9. The van der Waals surface area contributed by atoms with E-state index in [1.807, 2.05) is 0 Å². The van der Waals surface area contributed by atoms with Crippen LogP contribution in [0, 0.1) is 5.92 Å². The van der Waals surface area contributed by atoms with E-state index in [0.29, 0.717) is 23.3 Å². The fourth-order valence-corrected chi connectivity index (χ4v) is 4.01. The van der Waals surface area contributed by atoms with Gasteiger partial charge in [0.15, 0.2) is 0 Å². The number of amides is 2. The molecule has 3 fully saturated rings. The van der Waals surface area contributed by atoms with Crippen LogP contribution in [0.4, 0.5) is 6.01 Å². The fourth-order valence-electron chi connectivity index (χ4n) is 4.01. The third kappa shape index (κ3) is 3.84. The molecule has 3 aliphatic heterocycles. The first-order valence-corrected chi connectivity index (χ1v) is 9.43. The molecule has 9 heteroatoms. The van der Waals surface area contributed by atoms with Gasteiger partial charge >= 0.3 is 12.1 Å². The van der Waals surface area contributed by atoms with E-state index in [4.69, 9.17) is 9.15 Å². The van der Waals surface area contributed by atoms with Gasteiger partial charge in [0.2, 0.25) is 5.91 Å². The number of rotatable bonds is 5. The van der Waals surface area contributed by atoms with E-state index in [9.17, 15) is 9.59 Å². The Kier molecular flexibility index (Phi) is 4.99. The maximum Gasteiger partial charge on any atom is 0.421 e. The molecule has 148 valence electrons. The molecule has 0 radical (unpaired) electrons. The molecule has 2 aromatic rings. The molecule has 3 aliphatic rings. The highest BCUT2D eigenvalue weighted by Gasteiger charge is 2.40. The van der Waals surface area contributed by atoms with Crippen molar-refractivity contribution in [3.63, 3.8) is 0 Å². The first kappa shape index (κ1) is 18.4. The lowest BCUT2D eigenvalue weighted by Crippen LogP contribution is -2.62. The lowest BCUT2D eigenvalue weighted by atomic mass is 9.79. The van der Waals surface area contributed by atoms with Gasteiger partial charge in [0, 0.05) is 24.6 Å². The molecule has 0 unspecified atom stereocenters. The molecule has 1 aromatic carbocycles. The van der Waals surface area contributed by atoms with Crippen LogP contribution in [0.15, 0.2) is 28.7 Å². The van der Waals surface area contributed by atoms with Crippen molar-refractivity contribution in [2.75, 3.05) is 18.4 Å². The molecule has 2 amide bonds. The topological polar surface area (TPSA) is 110 Å². The number of nitrogens with zero attached hydrogens (tertiary/aromatic N) is 3. The molecule has 2 atom stereocenters. The second-order valence-electron chi connectivity index (χ2n) is 7.29. The van der Waals surface area contributed by atoms with Crippen LogP contribution in [0.25, 0.3) is 0 Å². The van der Waals surface area contributed by atoms with Crippen molar-refractivity contribution < 1.29 is 18.7 Å². The Morgan fingerprint density at radius 2 is 1.89 bits per heavy atom. The second-order valence-corrected chi connectivity index (χ2v) is 7.29. The minimum Gasteiger partial charge on any atom is -0.410 e. The van der Waals surface area contributed by atoms with Crippen LogP contribution in [0.3, 0.4) is 0 Å². The molecular formula is C19H23N5O4. The summed E-state index contributed by atoms with van der Waals surface area (Å²) in [5.74, 6) is 0.610. The molecule has 2 bridgehead atoms. The van der Waals surface area contributed by atoms with Gasteiger partial charge in [-0.05, 0) is 63.0 Å². The first-order chi connectivity index (χ1) is 13.5. The molecule has 2 N–H and O–H groups in total. The highest BCUT2D eigenvalue weighted by Crippen LogP contribution is 2.32. The normalized spacial score (nSPS) is 25.9. The SMILES string of the molecule is CC(=O)Nc1nnc(Oc2ccc(C(=O)N[C@@H]3C4CCN(CC4)[C@@H]3C)cc2)o1. The zero-order valence-electron chi connectivity index (χ0n) is 15.8. The zero-order chi connectivity index (χ0) is 19.7. The van der Waals surface area contributed by atoms with E-state index >= 15 is 0 Å². The smallest absolute Gasteiger partial charge is 0.410 e. The van der Waals surface area contributed by atoms with Crippen molar-refractivity contribution >= 4 is 17.8 Å². The minimum absolute atomic E-state index is 0.0369. The van der Waals surface area contributed by atoms with Gasteiger partial charge in [-0.25, -0.2) is 0 Å². The van der Waals surface area contributed by atoms with Crippen molar-refractivity contribution in [1.29, 1.82) is 0 Å². The summed E-state index contributed by atoms with van der Waals surface area (Å²) in [4.78, 5) is 26.1. The quantitative estimate of drug-likeness (QED) is 0.810. The number of anilines is 1. The molecule has 1 aromatic heterocycles. The highest BCUT2D eigenvalue weighted by atomic mass is 16.6. The predicted octanol–water partition coefficient (Wildman–Crippen LogP) is 2.03. The Morgan fingerprint density at radius 1 is 1.18 bits per heavy atom. The Bertz CT molecular complexity index is 855. The Hall–Kier alpha value is -2.94. The van der Waals surface area contributed by atoms with Crippen LogP contribution in [-0.4, -0.2) is 52.1 Å². The molecule has 0 aliphatic carbocycles. The van der Waals surface area contributed by atoms with E-state index < -0.39 is 0 Å². The lowest BCUT2D eigenvalue weighted by Gasteiger charge is -2.49. The number of fused-ring (bicyclic) bond motifs is 3. The van der Waals surface area contributed by atoms with Crippen molar-refractivity contribution in [3.05, 3.63) is 29.8 Å². The van der Waals surface area contributed by atoms with Crippen molar-refractivity contribution in [3.8, 4) is 11.8 Å². The maximum absolute atomic E-state index is 12.7. The Labute approximate surface area is 162 Å². The van der Waals surface area contributed by atoms with E-state index in [0.717, 1.165) is 25.9 Å².